The maximum absolute atomic E-state index is 10.1. The summed E-state index contributed by atoms with van der Waals surface area (Å²) in [6, 6.07) is -0.0612. The highest BCUT2D eigenvalue weighted by Gasteiger charge is 2.34. The summed E-state index contributed by atoms with van der Waals surface area (Å²) in [5.41, 5.74) is 0. The fourth-order valence-electron chi connectivity index (χ4n) is 1.02. The molecule has 5 nitrogen and oxygen atoms in total. The first-order chi connectivity index (χ1) is 5.66. The van der Waals surface area contributed by atoms with Gasteiger partial charge < -0.3 is 10.1 Å². The molecule has 0 saturated carbocycles. The zero-order valence-corrected chi connectivity index (χ0v) is 7.89. The molecule has 12 heavy (non-hydrogen) atoms. The van der Waals surface area contributed by atoms with E-state index in [1.807, 2.05) is 6.92 Å². The van der Waals surface area contributed by atoms with Crippen molar-refractivity contribution in [2.45, 2.75) is 18.8 Å². The van der Waals surface area contributed by atoms with Crippen molar-refractivity contribution in [2.75, 3.05) is 21.1 Å². The average Bonchev–Trinajstić information content (AvgIpc) is 2.13. The summed E-state index contributed by atoms with van der Waals surface area (Å²) in [6.45, 7) is 3.29. The zero-order chi connectivity index (χ0) is 9.61. The summed E-state index contributed by atoms with van der Waals surface area (Å²) in [7, 11) is 5.17. The van der Waals surface area contributed by atoms with Crippen molar-refractivity contribution < 1.29 is 9.53 Å². The van der Waals surface area contributed by atoms with Crippen LogP contribution >= 0.6 is 0 Å². The van der Waals surface area contributed by atoms with Gasteiger partial charge in [0.1, 0.15) is 0 Å². The molecule has 0 bridgehead atoms. The summed E-state index contributed by atoms with van der Waals surface area (Å²) < 4.78 is 4.79. The van der Waals surface area contributed by atoms with E-state index in [1.54, 1.807) is 21.1 Å². The molecule has 1 unspecified atom stereocenters. The molecule has 0 aliphatic heterocycles. The molecule has 1 atom stereocenters. The fraction of sp³-hybridized carbons (Fsp3) is 0.857. The molecule has 0 saturated heterocycles. The van der Waals surface area contributed by atoms with Crippen molar-refractivity contribution >= 4 is 6.47 Å². The Labute approximate surface area is 72.9 Å². The van der Waals surface area contributed by atoms with Crippen LogP contribution in [0.3, 0.4) is 0 Å². The Morgan fingerprint density at radius 3 is 2.08 bits per heavy atom. The highest BCUT2D eigenvalue weighted by Crippen LogP contribution is 2.05. The molecule has 0 spiro atoms. The monoisotopic (exact) mass is 174 g/mol. The van der Waals surface area contributed by atoms with E-state index in [-0.39, 0.29) is 6.04 Å². The highest BCUT2D eigenvalue weighted by molar-refractivity contribution is 5.39. The third kappa shape index (κ3) is 2.17. The van der Waals surface area contributed by atoms with Gasteiger partial charge in [-0.2, -0.15) is 0 Å². The van der Waals surface area contributed by atoms with Gasteiger partial charge in [0.05, 0.1) is 6.04 Å². The largest absolute Gasteiger partial charge is 0.420 e. The summed E-state index contributed by atoms with van der Waals surface area (Å²) in [5, 5.41) is 8.68. The van der Waals surface area contributed by atoms with Crippen LogP contribution in [0.15, 0.2) is 0 Å². The smallest absolute Gasteiger partial charge is 0.420 e. The molecule has 0 fully saturated rings. The summed E-state index contributed by atoms with van der Waals surface area (Å²) in [6.07, 6.45) is 0. The molecule has 0 aromatic carbocycles. The van der Waals surface area contributed by atoms with Crippen molar-refractivity contribution in [3.05, 3.63) is 0 Å². The van der Waals surface area contributed by atoms with Gasteiger partial charge in [-0.3, -0.25) is 10.6 Å². The Morgan fingerprint density at radius 2 is 1.83 bits per heavy atom. The van der Waals surface area contributed by atoms with Crippen molar-refractivity contribution in [3.63, 3.8) is 0 Å². The van der Waals surface area contributed by atoms with Gasteiger partial charge in [0.25, 0.3) is 0 Å². The van der Waals surface area contributed by atoms with E-state index >= 15 is 0 Å². The van der Waals surface area contributed by atoms with Gasteiger partial charge in [-0.05, 0) is 28.1 Å². The average molecular weight is 174 g/mol. The number of nitrogens with one attached hydrogen (secondary N) is 3. The minimum absolute atomic E-state index is 0.0612. The minimum Gasteiger partial charge on any atom is -0.420 e. The van der Waals surface area contributed by atoms with Gasteiger partial charge >= 0.3 is 6.47 Å². The number of likely N-dealkylation sites (N-methyl/N-ethyl adjacent to an activating group) is 3. The molecule has 0 aliphatic rings. The van der Waals surface area contributed by atoms with Crippen LogP contribution in [0.4, 0.5) is 0 Å². The number of rotatable bonds is 6. The Hall–Kier alpha value is -0.650. The Kier molecular flexibility index (Phi) is 4.80. The molecule has 0 aliphatic carbocycles. The molecule has 0 rings (SSSR count). The first-order valence-electron chi connectivity index (χ1n) is 3.77. The lowest BCUT2D eigenvalue weighted by Gasteiger charge is -2.35. The van der Waals surface area contributed by atoms with E-state index in [2.05, 4.69) is 16.0 Å². The Bertz CT molecular complexity index is 137. The normalized spacial score (nSPS) is 14.0. The third-order valence-electron chi connectivity index (χ3n) is 1.99. The lowest BCUT2D eigenvalue weighted by atomic mass is 10.2. The second-order valence-electron chi connectivity index (χ2n) is 2.43. The van der Waals surface area contributed by atoms with Gasteiger partial charge in [0.15, 0.2) is 0 Å². The molecule has 5 heteroatoms. The molecule has 1 radical (unpaired) electrons. The second-order valence-corrected chi connectivity index (χ2v) is 2.43. The third-order valence-corrected chi connectivity index (χ3v) is 1.99. The van der Waals surface area contributed by atoms with Gasteiger partial charge in [0.2, 0.25) is 5.85 Å². The molecule has 0 heterocycles. The first-order valence-corrected chi connectivity index (χ1v) is 3.77. The maximum atomic E-state index is 10.1. The summed E-state index contributed by atoms with van der Waals surface area (Å²) >= 11 is 0. The molecule has 0 aromatic rings. The molecule has 3 N–H and O–H groups in total. The van der Waals surface area contributed by atoms with E-state index in [9.17, 15) is 4.79 Å². The maximum Gasteiger partial charge on any atom is 0.420 e. The van der Waals surface area contributed by atoms with E-state index in [4.69, 9.17) is 4.74 Å². The topological polar surface area (TPSA) is 62.4 Å². The van der Waals surface area contributed by atoms with Crippen LogP contribution in [-0.4, -0.2) is 39.5 Å². The zero-order valence-electron chi connectivity index (χ0n) is 7.89. The minimum atomic E-state index is -0.892. The highest BCUT2D eigenvalue weighted by atomic mass is 16.6. The lowest BCUT2D eigenvalue weighted by molar-refractivity contribution is -0.0294. The van der Waals surface area contributed by atoms with Crippen LogP contribution < -0.4 is 16.0 Å². The van der Waals surface area contributed by atoms with Crippen LogP contribution in [-0.2, 0) is 9.53 Å². The molecular weight excluding hydrogens is 158 g/mol. The Morgan fingerprint density at radius 1 is 1.33 bits per heavy atom. The van der Waals surface area contributed by atoms with Crippen molar-refractivity contribution in [2.24, 2.45) is 0 Å². The lowest BCUT2D eigenvalue weighted by Crippen LogP contribution is -2.66. The molecule has 71 valence electrons. The fourth-order valence-corrected chi connectivity index (χ4v) is 1.02. The summed E-state index contributed by atoms with van der Waals surface area (Å²) in [4.78, 5) is 10.1. The Balaban J connectivity index is 4.43. The molecule has 0 amide bonds. The molecular formula is C7H16N3O2. The number of hydrogen-bond acceptors (Lipinski definition) is 5. The van der Waals surface area contributed by atoms with Gasteiger partial charge in [-0.15, -0.1) is 0 Å². The predicted octanol–water partition coefficient (Wildman–Crippen LogP) is -1.23. The van der Waals surface area contributed by atoms with Crippen molar-refractivity contribution in [1.29, 1.82) is 0 Å². The number of hydrogen-bond donors (Lipinski definition) is 3. The van der Waals surface area contributed by atoms with Crippen LogP contribution in [0.5, 0.6) is 0 Å². The SMILES string of the molecule is CNC(C)C(NC)(NC)O[C]=O. The first kappa shape index (κ1) is 11.4. The quantitative estimate of drug-likeness (QED) is 0.440. The number of carbonyl (C=O) groups excluding carboxylic acids is 1. The van der Waals surface area contributed by atoms with E-state index in [1.165, 1.54) is 6.47 Å². The number of ether oxygens (including phenoxy) is 1. The van der Waals surface area contributed by atoms with Crippen LogP contribution in [0.1, 0.15) is 6.92 Å². The van der Waals surface area contributed by atoms with Gasteiger partial charge in [0, 0.05) is 0 Å². The van der Waals surface area contributed by atoms with Crippen molar-refractivity contribution in [1.82, 2.24) is 16.0 Å². The van der Waals surface area contributed by atoms with Crippen molar-refractivity contribution in [3.8, 4) is 0 Å². The van der Waals surface area contributed by atoms with E-state index < -0.39 is 5.85 Å². The van der Waals surface area contributed by atoms with Gasteiger partial charge in [-0.25, -0.2) is 4.79 Å². The second kappa shape index (κ2) is 5.08. The standard InChI is InChI=1S/C7H16N3O2/c1-6(8-2)7(9-3,10-4)12-5-11/h6,8-10H,1-4H3. The van der Waals surface area contributed by atoms with Crippen LogP contribution in [0.2, 0.25) is 0 Å². The van der Waals surface area contributed by atoms with E-state index in [0.717, 1.165) is 0 Å². The van der Waals surface area contributed by atoms with Crippen LogP contribution in [0.25, 0.3) is 0 Å². The van der Waals surface area contributed by atoms with Gasteiger partial charge in [-0.1, -0.05) is 0 Å². The molecule has 0 aromatic heterocycles. The van der Waals surface area contributed by atoms with E-state index in [0.29, 0.717) is 0 Å². The summed E-state index contributed by atoms with van der Waals surface area (Å²) in [5.74, 6) is -0.892. The predicted molar refractivity (Wildman–Crippen MR) is 46.2 cm³/mol. The van der Waals surface area contributed by atoms with Crippen LogP contribution in [0, 0.1) is 0 Å².